The Morgan fingerprint density at radius 2 is 2.12 bits per heavy atom. The maximum atomic E-state index is 13.2. The molecule has 5 atom stereocenters. The second kappa shape index (κ2) is 9.58. The van der Waals surface area contributed by atoms with E-state index in [4.69, 9.17) is 16.3 Å². The van der Waals surface area contributed by atoms with E-state index in [1.165, 1.54) is 17.5 Å². The lowest BCUT2D eigenvalue weighted by atomic mass is 9.80. The molecular weight excluding hydrogens is 464 g/mol. The summed E-state index contributed by atoms with van der Waals surface area (Å²) in [4.78, 5) is 49.2. The summed E-state index contributed by atoms with van der Waals surface area (Å²) in [6.07, 6.45) is 8.16. The van der Waals surface area contributed by atoms with E-state index in [-0.39, 0.29) is 60.1 Å². The van der Waals surface area contributed by atoms with E-state index in [1.54, 1.807) is 12.4 Å². The molecule has 1 aliphatic carbocycles. The molecule has 3 aliphatic rings. The first kappa shape index (κ1) is 22.6. The van der Waals surface area contributed by atoms with Gasteiger partial charge in [-0.1, -0.05) is 12.8 Å². The Labute approximate surface area is 200 Å². The third kappa shape index (κ3) is 4.47. The largest absolute Gasteiger partial charge is 0.367 e. The van der Waals surface area contributed by atoms with Crippen molar-refractivity contribution in [2.45, 2.75) is 49.2 Å². The molecule has 1 unspecified atom stereocenters. The zero-order valence-corrected chi connectivity index (χ0v) is 19.6. The van der Waals surface area contributed by atoms with Crippen molar-refractivity contribution in [1.29, 1.82) is 0 Å². The van der Waals surface area contributed by atoms with E-state index in [0.29, 0.717) is 16.4 Å². The number of nitrogens with one attached hydrogen (secondary N) is 1. The summed E-state index contributed by atoms with van der Waals surface area (Å²) in [5.74, 6) is -0.513. The summed E-state index contributed by atoms with van der Waals surface area (Å²) in [6.45, 7) is 0.588. The molecule has 2 aromatic heterocycles. The molecule has 0 bridgehead atoms. The van der Waals surface area contributed by atoms with Gasteiger partial charge in [0.2, 0.25) is 0 Å². The minimum atomic E-state index is -0.358. The Morgan fingerprint density at radius 1 is 1.27 bits per heavy atom. The van der Waals surface area contributed by atoms with Gasteiger partial charge in [0, 0.05) is 36.5 Å². The van der Waals surface area contributed by atoms with Gasteiger partial charge in [-0.3, -0.25) is 24.3 Å². The minimum absolute atomic E-state index is 0.00835. The highest BCUT2D eigenvalue weighted by Gasteiger charge is 2.53. The van der Waals surface area contributed by atoms with Crippen molar-refractivity contribution in [1.82, 2.24) is 20.2 Å². The Balaban J connectivity index is 1.23. The molecule has 0 spiro atoms. The van der Waals surface area contributed by atoms with Crippen LogP contribution >= 0.6 is 22.9 Å². The Bertz CT molecular complexity index is 1050. The van der Waals surface area contributed by atoms with Crippen molar-refractivity contribution in [3.8, 4) is 10.6 Å². The number of hydrogen-bond acceptors (Lipinski definition) is 8. The number of halogens is 1. The number of hydrogen-bond donors (Lipinski definition) is 1. The number of aromatic nitrogens is 2. The number of rotatable bonds is 6. The fraction of sp³-hybridized carbons (Fsp3) is 0.522. The number of carbonyl (C=O) groups is 3. The van der Waals surface area contributed by atoms with E-state index >= 15 is 0 Å². The number of ether oxygens (including phenoxy) is 1. The lowest BCUT2D eigenvalue weighted by molar-refractivity contribution is -0.128. The van der Waals surface area contributed by atoms with Gasteiger partial charge < -0.3 is 10.1 Å². The molecule has 5 rings (SSSR count). The average Bonchev–Trinajstić information content (AvgIpc) is 3.56. The van der Waals surface area contributed by atoms with Crippen LogP contribution in [0.3, 0.4) is 0 Å². The van der Waals surface area contributed by atoms with E-state index in [1.807, 2.05) is 12.1 Å². The van der Waals surface area contributed by atoms with Crippen molar-refractivity contribution < 1.29 is 19.1 Å². The molecule has 1 N–H and O–H groups in total. The number of pyridine rings is 1. The van der Waals surface area contributed by atoms with Crippen LogP contribution in [-0.4, -0.2) is 75.6 Å². The van der Waals surface area contributed by atoms with Crippen molar-refractivity contribution in [2.24, 2.45) is 5.92 Å². The van der Waals surface area contributed by atoms with Crippen LogP contribution in [0.2, 0.25) is 0 Å². The molecule has 1 amide bonds. The van der Waals surface area contributed by atoms with Crippen LogP contribution in [0.5, 0.6) is 0 Å². The predicted molar refractivity (Wildman–Crippen MR) is 123 cm³/mol. The summed E-state index contributed by atoms with van der Waals surface area (Å²) >= 11 is 7.73. The molecule has 0 aromatic carbocycles. The number of amides is 1. The number of Topliss-reactive ketones (excluding diaryl/α,β-unsaturated/α-hetero) is 2. The van der Waals surface area contributed by atoms with Crippen LogP contribution in [0.15, 0.2) is 30.7 Å². The lowest BCUT2D eigenvalue weighted by Gasteiger charge is -2.39. The van der Waals surface area contributed by atoms with Gasteiger partial charge in [0.25, 0.3) is 5.91 Å². The van der Waals surface area contributed by atoms with E-state index in [2.05, 4.69) is 20.2 Å². The lowest BCUT2D eigenvalue weighted by Crippen LogP contribution is -2.52. The molecule has 2 aromatic rings. The molecule has 3 fully saturated rings. The quantitative estimate of drug-likeness (QED) is 0.622. The van der Waals surface area contributed by atoms with E-state index in [9.17, 15) is 14.4 Å². The van der Waals surface area contributed by atoms with Crippen molar-refractivity contribution in [2.75, 3.05) is 19.7 Å². The molecular formula is C23H25ClN4O4S. The summed E-state index contributed by atoms with van der Waals surface area (Å²) in [7, 11) is 0. The van der Waals surface area contributed by atoms with Gasteiger partial charge in [0.1, 0.15) is 16.5 Å². The van der Waals surface area contributed by atoms with Crippen molar-refractivity contribution >= 4 is 40.4 Å². The number of nitrogens with zero attached hydrogens (tertiary/aromatic N) is 3. The van der Waals surface area contributed by atoms with Gasteiger partial charge >= 0.3 is 0 Å². The summed E-state index contributed by atoms with van der Waals surface area (Å²) in [5.41, 5.74) is 0.842. The van der Waals surface area contributed by atoms with Gasteiger partial charge in [0.05, 0.1) is 30.3 Å². The average molecular weight is 489 g/mol. The molecule has 33 heavy (non-hydrogen) atoms. The Morgan fingerprint density at radius 3 is 2.94 bits per heavy atom. The first-order valence-electron chi connectivity index (χ1n) is 11.2. The molecule has 174 valence electrons. The number of alkyl halides is 1. The fourth-order valence-corrected chi connectivity index (χ4v) is 6.44. The maximum Gasteiger partial charge on any atom is 0.263 e. The highest BCUT2D eigenvalue weighted by Crippen LogP contribution is 2.38. The van der Waals surface area contributed by atoms with Gasteiger partial charge in [-0.15, -0.1) is 22.9 Å². The summed E-state index contributed by atoms with van der Waals surface area (Å²) in [5, 5.41) is 3.22. The summed E-state index contributed by atoms with van der Waals surface area (Å²) < 4.78 is 5.61. The monoisotopic (exact) mass is 488 g/mol. The third-order valence-corrected chi connectivity index (χ3v) is 8.22. The molecule has 8 nitrogen and oxygen atoms in total. The standard InChI is InChI=1S/C23H25ClN4O4S/c24-15-11-28(20-18(30)12-32-21(15)20)16-6-2-1-5-14(16)17(29)9-26-22(31)19-10-27-23(33-19)13-4-3-7-25-8-13/h3-4,7-8,10,14-16,20-21H,1-2,5-6,9,11-12H2,(H,26,31)/t14-,15-,16?,20+,21+/m0/s1. The van der Waals surface area contributed by atoms with Crippen LogP contribution in [0.4, 0.5) is 0 Å². The Hall–Kier alpha value is -2.20. The third-order valence-electron chi connectivity index (χ3n) is 6.79. The number of carbonyl (C=O) groups excluding carboxylic acids is 3. The van der Waals surface area contributed by atoms with Crippen molar-refractivity contribution in [3.05, 3.63) is 35.6 Å². The fourth-order valence-electron chi connectivity index (χ4n) is 5.25. The van der Waals surface area contributed by atoms with Gasteiger partial charge in [0.15, 0.2) is 11.6 Å². The Kier molecular flexibility index (Phi) is 6.56. The van der Waals surface area contributed by atoms with Crippen molar-refractivity contribution in [3.63, 3.8) is 0 Å². The van der Waals surface area contributed by atoms with Gasteiger partial charge in [-0.05, 0) is 25.0 Å². The molecule has 2 aliphatic heterocycles. The minimum Gasteiger partial charge on any atom is -0.367 e. The predicted octanol–water partition coefficient (Wildman–Crippen LogP) is 2.32. The first-order chi connectivity index (χ1) is 16.0. The van der Waals surface area contributed by atoms with Gasteiger partial charge in [-0.2, -0.15) is 0 Å². The number of fused-ring (bicyclic) bond motifs is 1. The van der Waals surface area contributed by atoms with Crippen LogP contribution < -0.4 is 5.32 Å². The zero-order valence-electron chi connectivity index (χ0n) is 18.0. The van der Waals surface area contributed by atoms with Crippen LogP contribution in [0.1, 0.15) is 35.4 Å². The smallest absolute Gasteiger partial charge is 0.263 e. The van der Waals surface area contributed by atoms with E-state index in [0.717, 1.165) is 31.2 Å². The SMILES string of the molecule is O=C(NCC(=O)[C@H]1CCCCC1N1C[C@H](Cl)[C@H]2OCC(=O)[C@H]21)c1cnc(-c2cccnc2)s1. The van der Waals surface area contributed by atoms with E-state index < -0.39 is 0 Å². The van der Waals surface area contributed by atoms with Crippen LogP contribution in [0.25, 0.3) is 10.6 Å². The molecule has 1 saturated carbocycles. The second-order valence-electron chi connectivity index (χ2n) is 8.78. The maximum absolute atomic E-state index is 13.2. The number of thiazole rings is 1. The second-order valence-corrected chi connectivity index (χ2v) is 10.4. The van der Waals surface area contributed by atoms with Gasteiger partial charge in [-0.25, -0.2) is 4.98 Å². The van der Waals surface area contributed by atoms with Crippen LogP contribution in [-0.2, 0) is 14.3 Å². The molecule has 2 saturated heterocycles. The summed E-state index contributed by atoms with van der Waals surface area (Å²) in [6, 6.07) is 3.29. The molecule has 0 radical (unpaired) electrons. The first-order valence-corrected chi connectivity index (χ1v) is 12.5. The highest BCUT2D eigenvalue weighted by atomic mass is 35.5. The molecule has 4 heterocycles. The normalized spacial score (nSPS) is 29.7. The topological polar surface area (TPSA) is 101 Å². The number of likely N-dealkylation sites (tertiary alicyclic amines) is 1. The number of ketones is 2. The van der Waals surface area contributed by atoms with Crippen LogP contribution in [0, 0.1) is 5.92 Å². The highest BCUT2D eigenvalue weighted by molar-refractivity contribution is 7.16. The zero-order chi connectivity index (χ0) is 22.9. The molecule has 10 heteroatoms.